The molecular weight excluding hydrogens is 246 g/mol. The van der Waals surface area contributed by atoms with Crippen molar-refractivity contribution < 1.29 is 14.6 Å². The van der Waals surface area contributed by atoms with Crippen LogP contribution in [0.5, 0.6) is 0 Å². The number of carbonyl (C=O) groups excluding carboxylic acids is 1. The van der Waals surface area contributed by atoms with E-state index in [2.05, 4.69) is 4.90 Å². The van der Waals surface area contributed by atoms with Gasteiger partial charge in [0.25, 0.3) is 0 Å². The first-order valence-electron chi connectivity index (χ1n) is 6.81. The zero-order valence-electron chi connectivity index (χ0n) is 12.3. The van der Waals surface area contributed by atoms with Gasteiger partial charge in [0.2, 0.25) is 5.91 Å². The van der Waals surface area contributed by atoms with Crippen LogP contribution in [0.1, 0.15) is 20.3 Å². The second-order valence-electron chi connectivity index (χ2n) is 5.80. The van der Waals surface area contributed by atoms with Crippen molar-refractivity contribution >= 4 is 5.91 Å². The molecule has 1 aliphatic heterocycles. The summed E-state index contributed by atoms with van der Waals surface area (Å²) in [4.78, 5) is 16.1. The van der Waals surface area contributed by atoms with Gasteiger partial charge >= 0.3 is 0 Å². The van der Waals surface area contributed by atoms with Crippen LogP contribution in [0.4, 0.5) is 0 Å². The molecule has 1 unspecified atom stereocenters. The Morgan fingerprint density at radius 1 is 1.37 bits per heavy atom. The molecule has 0 aliphatic carbocycles. The van der Waals surface area contributed by atoms with Crippen molar-refractivity contribution in [2.24, 2.45) is 5.73 Å². The molecule has 0 aromatic heterocycles. The van der Waals surface area contributed by atoms with Crippen molar-refractivity contribution in [1.29, 1.82) is 0 Å². The van der Waals surface area contributed by atoms with E-state index in [1.165, 1.54) is 0 Å². The molecule has 0 radical (unpaired) electrons. The van der Waals surface area contributed by atoms with E-state index < -0.39 is 11.6 Å². The largest absolute Gasteiger partial charge is 0.389 e. The maximum absolute atomic E-state index is 12.1. The molecule has 6 heteroatoms. The Morgan fingerprint density at radius 3 is 2.42 bits per heavy atom. The fourth-order valence-electron chi connectivity index (χ4n) is 2.28. The zero-order valence-corrected chi connectivity index (χ0v) is 12.3. The lowest BCUT2D eigenvalue weighted by Crippen LogP contribution is -2.55. The minimum Gasteiger partial charge on any atom is -0.389 e. The first kappa shape index (κ1) is 16.4. The molecule has 0 spiro atoms. The maximum Gasteiger partial charge on any atom is 0.239 e. The van der Waals surface area contributed by atoms with Crippen LogP contribution in [0, 0.1) is 0 Å². The van der Waals surface area contributed by atoms with E-state index in [0.29, 0.717) is 32.7 Å². The quantitative estimate of drug-likeness (QED) is 0.667. The van der Waals surface area contributed by atoms with Gasteiger partial charge in [0, 0.05) is 46.4 Å². The summed E-state index contributed by atoms with van der Waals surface area (Å²) in [5.74, 6) is -0.0000383. The van der Waals surface area contributed by atoms with E-state index in [-0.39, 0.29) is 5.91 Å². The number of piperazine rings is 1. The average molecular weight is 273 g/mol. The van der Waals surface area contributed by atoms with Gasteiger partial charge in [0.05, 0.1) is 11.6 Å². The normalized spacial score (nSPS) is 19.5. The van der Waals surface area contributed by atoms with Gasteiger partial charge in [-0.2, -0.15) is 0 Å². The van der Waals surface area contributed by atoms with Gasteiger partial charge in [-0.1, -0.05) is 0 Å². The Hall–Kier alpha value is -0.690. The minimum absolute atomic E-state index is 0.0000383. The van der Waals surface area contributed by atoms with E-state index in [1.54, 1.807) is 25.9 Å². The molecule has 112 valence electrons. The van der Waals surface area contributed by atoms with Crippen LogP contribution in [-0.4, -0.2) is 78.9 Å². The highest BCUT2D eigenvalue weighted by atomic mass is 16.5. The lowest BCUT2D eigenvalue weighted by molar-refractivity contribution is -0.135. The summed E-state index contributed by atoms with van der Waals surface area (Å²) in [6, 6.07) is -0.471. The summed E-state index contributed by atoms with van der Waals surface area (Å²) < 4.78 is 4.94. The zero-order chi connectivity index (χ0) is 14.5. The second kappa shape index (κ2) is 7.19. The predicted octanol–water partition coefficient (Wildman–Crippen LogP) is -0.735. The first-order valence-corrected chi connectivity index (χ1v) is 6.81. The average Bonchev–Trinajstić information content (AvgIpc) is 2.34. The van der Waals surface area contributed by atoms with Gasteiger partial charge in [0.1, 0.15) is 0 Å². The number of ether oxygens (including phenoxy) is 1. The topological polar surface area (TPSA) is 79.0 Å². The number of amides is 1. The van der Waals surface area contributed by atoms with E-state index >= 15 is 0 Å². The summed E-state index contributed by atoms with van der Waals surface area (Å²) in [6.45, 7) is 7.65. The van der Waals surface area contributed by atoms with Gasteiger partial charge in [0.15, 0.2) is 0 Å². The van der Waals surface area contributed by atoms with Crippen LogP contribution in [0.15, 0.2) is 0 Å². The lowest BCUT2D eigenvalue weighted by atomic mass is 10.1. The number of nitrogens with zero attached hydrogens (tertiary/aromatic N) is 2. The summed E-state index contributed by atoms with van der Waals surface area (Å²) in [5.41, 5.74) is 5.15. The highest BCUT2D eigenvalue weighted by Crippen LogP contribution is 2.09. The standard InChI is InChI=1S/C13H27N3O3/c1-13(2,18)10-15-5-7-16(8-6-15)12(17)11(14)4-9-19-3/h11,18H,4-10,14H2,1-3H3. The second-order valence-corrected chi connectivity index (χ2v) is 5.80. The number of hydrogen-bond donors (Lipinski definition) is 2. The SMILES string of the molecule is COCCC(N)C(=O)N1CCN(CC(C)(C)O)CC1. The Bertz CT molecular complexity index is 283. The molecule has 1 aliphatic rings. The monoisotopic (exact) mass is 273 g/mol. The molecule has 0 aromatic rings. The van der Waals surface area contributed by atoms with Crippen molar-refractivity contribution in [2.45, 2.75) is 31.9 Å². The van der Waals surface area contributed by atoms with E-state index in [1.807, 2.05) is 0 Å². The molecule has 19 heavy (non-hydrogen) atoms. The summed E-state index contributed by atoms with van der Waals surface area (Å²) in [6.07, 6.45) is 0.555. The van der Waals surface area contributed by atoms with Crippen LogP contribution < -0.4 is 5.73 Å². The van der Waals surface area contributed by atoms with Crippen molar-refractivity contribution in [3.8, 4) is 0 Å². The molecule has 1 fully saturated rings. The molecule has 3 N–H and O–H groups in total. The number of hydrogen-bond acceptors (Lipinski definition) is 5. The number of carbonyl (C=O) groups is 1. The minimum atomic E-state index is -0.693. The number of methoxy groups -OCH3 is 1. The Morgan fingerprint density at radius 2 is 1.95 bits per heavy atom. The molecule has 6 nitrogen and oxygen atoms in total. The fraction of sp³-hybridized carbons (Fsp3) is 0.923. The van der Waals surface area contributed by atoms with Gasteiger partial charge in [-0.3, -0.25) is 9.69 Å². The van der Waals surface area contributed by atoms with Crippen LogP contribution in [-0.2, 0) is 9.53 Å². The van der Waals surface area contributed by atoms with E-state index in [0.717, 1.165) is 13.1 Å². The highest BCUT2D eigenvalue weighted by Gasteiger charge is 2.27. The Balaban J connectivity index is 2.34. The molecule has 1 saturated heterocycles. The number of aliphatic hydroxyl groups is 1. The van der Waals surface area contributed by atoms with Crippen LogP contribution in [0.2, 0.25) is 0 Å². The first-order chi connectivity index (χ1) is 8.83. The molecule has 0 aromatic carbocycles. The Kier molecular flexibility index (Phi) is 6.19. The molecule has 1 atom stereocenters. The molecular formula is C13H27N3O3. The molecule has 1 amide bonds. The van der Waals surface area contributed by atoms with E-state index in [9.17, 15) is 9.90 Å². The number of nitrogens with two attached hydrogens (primary N) is 1. The predicted molar refractivity (Wildman–Crippen MR) is 73.8 cm³/mol. The van der Waals surface area contributed by atoms with Gasteiger partial charge in [-0.25, -0.2) is 0 Å². The van der Waals surface area contributed by atoms with Gasteiger partial charge in [-0.05, 0) is 20.3 Å². The fourth-order valence-corrected chi connectivity index (χ4v) is 2.28. The summed E-state index contributed by atoms with van der Waals surface area (Å²) in [7, 11) is 1.60. The van der Waals surface area contributed by atoms with Crippen LogP contribution >= 0.6 is 0 Å². The number of β-amino-alcohol motifs (C(OH)–C–C–N with tert-alkyl or cyclic N) is 1. The third-order valence-electron chi connectivity index (χ3n) is 3.24. The maximum atomic E-state index is 12.1. The molecule has 1 heterocycles. The van der Waals surface area contributed by atoms with Gasteiger partial charge < -0.3 is 20.5 Å². The van der Waals surface area contributed by atoms with E-state index in [4.69, 9.17) is 10.5 Å². The molecule has 1 rings (SSSR count). The van der Waals surface area contributed by atoms with Crippen molar-refractivity contribution in [3.05, 3.63) is 0 Å². The van der Waals surface area contributed by atoms with Crippen molar-refractivity contribution in [2.75, 3.05) is 46.4 Å². The molecule has 0 bridgehead atoms. The summed E-state index contributed by atoms with van der Waals surface area (Å²) >= 11 is 0. The number of rotatable bonds is 6. The van der Waals surface area contributed by atoms with Crippen LogP contribution in [0.25, 0.3) is 0 Å². The van der Waals surface area contributed by atoms with Gasteiger partial charge in [-0.15, -0.1) is 0 Å². The summed E-state index contributed by atoms with van der Waals surface area (Å²) in [5, 5.41) is 9.77. The van der Waals surface area contributed by atoms with Crippen LogP contribution in [0.3, 0.4) is 0 Å². The molecule has 0 saturated carbocycles. The third kappa shape index (κ3) is 5.86. The lowest BCUT2D eigenvalue weighted by Gasteiger charge is -2.38. The third-order valence-corrected chi connectivity index (χ3v) is 3.24. The van der Waals surface area contributed by atoms with Crippen molar-refractivity contribution in [1.82, 2.24) is 9.80 Å². The van der Waals surface area contributed by atoms with Crippen molar-refractivity contribution in [3.63, 3.8) is 0 Å². The smallest absolute Gasteiger partial charge is 0.239 e. The Labute approximate surface area is 115 Å². The highest BCUT2D eigenvalue weighted by molar-refractivity contribution is 5.81.